The zero-order chi connectivity index (χ0) is 40.2. The van der Waals surface area contributed by atoms with Crippen molar-refractivity contribution in [1.82, 2.24) is 15.6 Å². The molecule has 0 aliphatic heterocycles. The predicted octanol–water partition coefficient (Wildman–Crippen LogP) is 7.12. The fraction of sp³-hybridized carbons (Fsp3) is 0.860. The Morgan fingerprint density at radius 2 is 1.13 bits per heavy atom. The third-order valence-corrected chi connectivity index (χ3v) is 10.2. The largest absolute Gasteiger partial charge is 0.399 e. The molecule has 0 saturated heterocycles. The van der Waals surface area contributed by atoms with Crippen LogP contribution >= 0.6 is 0 Å². The number of aliphatic hydroxyl groups is 3. The first kappa shape index (κ1) is 51.8. The van der Waals surface area contributed by atoms with E-state index in [0.717, 1.165) is 57.8 Å². The zero-order valence-electron chi connectivity index (χ0n) is 35.0. The highest BCUT2D eigenvalue weighted by Crippen LogP contribution is 2.16. The van der Waals surface area contributed by atoms with Crippen molar-refractivity contribution >= 4 is 11.8 Å². The van der Waals surface area contributed by atoms with Crippen LogP contribution in [0.25, 0.3) is 0 Å². The number of hydrogen-bond donors (Lipinski definition) is 8. The standard InChI is InChI=1S/C43H86N6O5/c1-4-6-8-10-12-14-16-18-19-20-22-24-26-28-30-32-40(52)48-38(35-49(46)34-37(44)33-47-43(54)41(45)36(3)50)42(53)39(51)31-29-27-25-23-21-17-15-13-11-9-7-5-2/h18-19,34,36,38-39,41-42,50-51,53H,4-17,20-33,35,44-46H2,1-3H3,(H,47,54)(H,48,52)/b19-18-,37-34-/t36?,38-,39+,41?,42-/m0/s1. The zero-order valence-corrected chi connectivity index (χ0v) is 35.0. The van der Waals surface area contributed by atoms with Gasteiger partial charge in [0.1, 0.15) is 12.1 Å². The van der Waals surface area contributed by atoms with E-state index in [1.165, 1.54) is 121 Å². The van der Waals surface area contributed by atoms with Gasteiger partial charge in [-0.25, -0.2) is 5.84 Å². The lowest BCUT2D eigenvalue weighted by atomic mass is 9.98. The molecule has 0 heterocycles. The summed E-state index contributed by atoms with van der Waals surface area (Å²) in [5, 5.41) is 38.4. The second-order valence-corrected chi connectivity index (χ2v) is 15.6. The van der Waals surface area contributed by atoms with Crippen molar-refractivity contribution in [2.45, 2.75) is 225 Å². The van der Waals surface area contributed by atoms with Gasteiger partial charge in [0.2, 0.25) is 11.8 Å². The number of nitrogens with zero attached hydrogens (tertiary/aromatic N) is 1. The second-order valence-electron chi connectivity index (χ2n) is 15.6. The van der Waals surface area contributed by atoms with Crippen LogP contribution in [0, 0.1) is 0 Å². The molecule has 0 aromatic rings. The topological polar surface area (TPSA) is 200 Å². The van der Waals surface area contributed by atoms with Crippen molar-refractivity contribution in [3.05, 3.63) is 24.0 Å². The highest BCUT2D eigenvalue weighted by Gasteiger charge is 2.28. The molecule has 0 saturated carbocycles. The minimum absolute atomic E-state index is 0.00335. The maximum absolute atomic E-state index is 13.0. The minimum atomic E-state index is -1.22. The van der Waals surface area contributed by atoms with Crippen LogP contribution in [0.5, 0.6) is 0 Å². The first-order valence-corrected chi connectivity index (χ1v) is 22.0. The van der Waals surface area contributed by atoms with E-state index in [1.807, 2.05) is 0 Å². The summed E-state index contributed by atoms with van der Waals surface area (Å²) in [5.74, 6) is 5.46. The van der Waals surface area contributed by atoms with Gasteiger partial charge in [-0.2, -0.15) is 0 Å². The van der Waals surface area contributed by atoms with Crippen molar-refractivity contribution < 1.29 is 24.9 Å². The Morgan fingerprint density at radius 1 is 0.685 bits per heavy atom. The summed E-state index contributed by atoms with van der Waals surface area (Å²) in [5.41, 5.74) is 11.9. The molecule has 0 bridgehead atoms. The highest BCUT2D eigenvalue weighted by molar-refractivity contribution is 5.82. The van der Waals surface area contributed by atoms with Gasteiger partial charge in [0.05, 0.1) is 31.3 Å². The Hall–Kier alpha value is -2.18. The Kier molecular flexibility index (Phi) is 35.0. The summed E-state index contributed by atoms with van der Waals surface area (Å²) < 4.78 is 0. The van der Waals surface area contributed by atoms with Crippen LogP contribution in [0.1, 0.15) is 194 Å². The van der Waals surface area contributed by atoms with E-state index in [0.29, 0.717) is 12.8 Å². The van der Waals surface area contributed by atoms with Crippen molar-refractivity contribution in [2.75, 3.05) is 13.1 Å². The van der Waals surface area contributed by atoms with Gasteiger partial charge in [-0.3, -0.25) is 9.59 Å². The molecule has 2 amide bonds. The summed E-state index contributed by atoms with van der Waals surface area (Å²) in [6, 6.07) is -1.92. The average Bonchev–Trinajstić information content (AvgIpc) is 3.14. The molecule has 5 atom stereocenters. The maximum atomic E-state index is 13.0. The highest BCUT2D eigenvalue weighted by atomic mass is 16.3. The van der Waals surface area contributed by atoms with Gasteiger partial charge in [-0.1, -0.05) is 154 Å². The normalized spacial score (nSPS) is 14.9. The lowest BCUT2D eigenvalue weighted by Crippen LogP contribution is -2.54. The van der Waals surface area contributed by atoms with Crippen molar-refractivity contribution in [2.24, 2.45) is 17.3 Å². The molecule has 11 nitrogen and oxygen atoms in total. The van der Waals surface area contributed by atoms with Gasteiger partial charge in [0.15, 0.2) is 0 Å². The molecule has 0 aromatic carbocycles. The number of carbonyl (C=O) groups is 2. The number of unbranched alkanes of at least 4 members (excludes halogenated alkanes) is 22. The van der Waals surface area contributed by atoms with Gasteiger partial charge in [-0.15, -0.1) is 0 Å². The van der Waals surface area contributed by atoms with E-state index < -0.39 is 36.3 Å². The molecule has 0 fully saturated rings. The number of aliphatic hydroxyl groups excluding tert-OH is 3. The van der Waals surface area contributed by atoms with E-state index in [9.17, 15) is 24.9 Å². The van der Waals surface area contributed by atoms with Gasteiger partial charge < -0.3 is 42.4 Å². The van der Waals surface area contributed by atoms with Crippen molar-refractivity contribution in [3.63, 3.8) is 0 Å². The van der Waals surface area contributed by atoms with E-state index in [4.69, 9.17) is 17.3 Å². The Bertz CT molecular complexity index is 949. The molecule has 0 aliphatic carbocycles. The third-order valence-electron chi connectivity index (χ3n) is 10.2. The molecule has 318 valence electrons. The number of hydrogen-bond acceptors (Lipinski definition) is 9. The Morgan fingerprint density at radius 3 is 1.61 bits per heavy atom. The molecule has 0 aliphatic rings. The molecular formula is C43H86N6O5. The van der Waals surface area contributed by atoms with Crippen LogP contribution < -0.4 is 27.9 Å². The fourth-order valence-electron chi connectivity index (χ4n) is 6.57. The molecule has 0 aromatic heterocycles. The minimum Gasteiger partial charge on any atom is -0.399 e. The quantitative estimate of drug-likeness (QED) is 0.0139. The van der Waals surface area contributed by atoms with Crippen LogP contribution in [0.15, 0.2) is 24.0 Å². The SMILES string of the molecule is CCCCCCCC/C=C\CCCCCCCC(=O)N[C@@H](CN(N)/C=C(\N)CNC(=O)C(N)C(C)O)[C@H](O)[C@H](O)CCCCCCCCCCCCCC. The van der Waals surface area contributed by atoms with E-state index in [-0.39, 0.29) is 24.7 Å². The number of carbonyl (C=O) groups excluding carboxylic acids is 2. The molecule has 11 heteroatoms. The summed E-state index contributed by atoms with van der Waals surface area (Å²) in [6.45, 7) is 5.86. The predicted molar refractivity (Wildman–Crippen MR) is 225 cm³/mol. The van der Waals surface area contributed by atoms with Gasteiger partial charge in [-0.05, 0) is 45.4 Å². The van der Waals surface area contributed by atoms with Crippen LogP contribution in [0.4, 0.5) is 0 Å². The van der Waals surface area contributed by atoms with Crippen molar-refractivity contribution in [3.8, 4) is 0 Å². The Labute approximate surface area is 330 Å². The van der Waals surface area contributed by atoms with Gasteiger partial charge in [0, 0.05) is 18.3 Å². The number of allylic oxidation sites excluding steroid dienone is 2. The van der Waals surface area contributed by atoms with E-state index >= 15 is 0 Å². The molecule has 54 heavy (non-hydrogen) atoms. The third kappa shape index (κ3) is 31.1. The first-order chi connectivity index (χ1) is 26.0. The lowest BCUT2D eigenvalue weighted by molar-refractivity contribution is -0.125. The number of rotatable bonds is 38. The number of hydrazine groups is 1. The summed E-state index contributed by atoms with van der Waals surface area (Å²) in [4.78, 5) is 25.1. The Balaban J connectivity index is 4.76. The molecule has 0 radical (unpaired) electrons. The smallest absolute Gasteiger partial charge is 0.239 e. The molecule has 0 spiro atoms. The summed E-state index contributed by atoms with van der Waals surface area (Å²) in [7, 11) is 0. The van der Waals surface area contributed by atoms with Gasteiger partial charge >= 0.3 is 0 Å². The van der Waals surface area contributed by atoms with E-state index in [2.05, 4.69) is 36.6 Å². The monoisotopic (exact) mass is 767 g/mol. The van der Waals surface area contributed by atoms with Crippen LogP contribution in [0.2, 0.25) is 0 Å². The van der Waals surface area contributed by atoms with Crippen LogP contribution in [0.3, 0.4) is 0 Å². The van der Waals surface area contributed by atoms with E-state index in [1.54, 1.807) is 0 Å². The fourth-order valence-corrected chi connectivity index (χ4v) is 6.57. The summed E-state index contributed by atoms with van der Waals surface area (Å²) in [6.07, 6.45) is 33.4. The first-order valence-electron chi connectivity index (χ1n) is 22.0. The molecule has 11 N–H and O–H groups in total. The van der Waals surface area contributed by atoms with Crippen LogP contribution in [-0.4, -0.2) is 75.6 Å². The number of nitrogens with one attached hydrogen (secondary N) is 2. The van der Waals surface area contributed by atoms with Gasteiger partial charge in [0.25, 0.3) is 0 Å². The molecule has 2 unspecified atom stereocenters. The average molecular weight is 767 g/mol. The number of amides is 2. The molecule has 0 rings (SSSR count). The van der Waals surface area contributed by atoms with Crippen LogP contribution in [-0.2, 0) is 9.59 Å². The maximum Gasteiger partial charge on any atom is 0.239 e. The number of nitrogens with two attached hydrogens (primary N) is 3. The lowest BCUT2D eigenvalue weighted by Gasteiger charge is -2.30. The summed E-state index contributed by atoms with van der Waals surface area (Å²) >= 11 is 0. The molecular weight excluding hydrogens is 681 g/mol. The van der Waals surface area contributed by atoms with Crippen molar-refractivity contribution in [1.29, 1.82) is 0 Å². The second kappa shape index (κ2) is 36.5.